The van der Waals surface area contributed by atoms with Gasteiger partial charge in [-0.1, -0.05) is 18.2 Å². The number of fused-ring (bicyclic) bond motifs is 1. The van der Waals surface area contributed by atoms with Crippen LogP contribution in [0.3, 0.4) is 0 Å². The van der Waals surface area contributed by atoms with Crippen LogP contribution in [0.25, 0.3) is 10.9 Å². The van der Waals surface area contributed by atoms with Gasteiger partial charge in [-0.15, -0.1) is 0 Å². The van der Waals surface area contributed by atoms with E-state index in [0.717, 1.165) is 18.4 Å². The molecule has 3 rings (SSSR count). The largest absolute Gasteiger partial charge is 0.376 e. The number of Topliss-reactive ketones (excluding diaryl/α,β-unsaturated/α-hetero) is 1. The summed E-state index contributed by atoms with van der Waals surface area (Å²) in [6.45, 7) is 6.29. The molecule has 0 saturated carbocycles. The monoisotopic (exact) mass is 385 g/mol. The number of likely N-dealkylation sites (N-methyl/N-ethyl adjacent to an activating group) is 1. The van der Waals surface area contributed by atoms with E-state index >= 15 is 0 Å². The zero-order chi connectivity index (χ0) is 20.1. The molecule has 28 heavy (non-hydrogen) atoms. The summed E-state index contributed by atoms with van der Waals surface area (Å²) in [5.74, 6) is -1.26. The molecule has 1 fully saturated rings. The van der Waals surface area contributed by atoms with Gasteiger partial charge in [-0.25, -0.2) is 0 Å². The molecule has 0 aliphatic carbocycles. The highest BCUT2D eigenvalue weighted by Gasteiger charge is 2.24. The number of aromatic nitrogens is 1. The molecule has 2 aromatic rings. The van der Waals surface area contributed by atoms with Crippen LogP contribution in [0.4, 0.5) is 0 Å². The van der Waals surface area contributed by atoms with Crippen molar-refractivity contribution < 1.29 is 19.1 Å². The number of nitrogens with one attached hydrogen (secondary N) is 1. The summed E-state index contributed by atoms with van der Waals surface area (Å²) in [7, 11) is 0. The molecular weight excluding hydrogens is 358 g/mol. The van der Waals surface area contributed by atoms with Crippen molar-refractivity contribution in [2.45, 2.75) is 39.3 Å². The molecule has 2 heterocycles. The van der Waals surface area contributed by atoms with Crippen LogP contribution in [0.15, 0.2) is 30.5 Å². The normalized spacial score (nSPS) is 16.3. The second-order valence-corrected chi connectivity index (χ2v) is 6.93. The number of carbonyl (C=O) groups is 3. The maximum Gasteiger partial charge on any atom is 0.292 e. The van der Waals surface area contributed by atoms with Gasteiger partial charge >= 0.3 is 0 Å². The predicted octanol–water partition coefficient (Wildman–Crippen LogP) is 1.99. The zero-order valence-electron chi connectivity index (χ0n) is 16.4. The standard InChI is InChI=1S/C21H27N3O4/c1-3-23(4-2)19(25)14-24-13-17(16-9-5-6-10-18(16)24)20(26)21(27)22-12-15-8-7-11-28-15/h5-6,9-10,13,15H,3-4,7-8,11-12,14H2,1-2H3,(H,22,27)/t15-/m0/s1. The van der Waals surface area contributed by atoms with Crippen LogP contribution in [-0.4, -0.2) is 59.4 Å². The van der Waals surface area contributed by atoms with Crippen molar-refractivity contribution in [3.63, 3.8) is 0 Å². The highest BCUT2D eigenvalue weighted by molar-refractivity contribution is 6.45. The second-order valence-electron chi connectivity index (χ2n) is 6.93. The Labute approximate surface area is 164 Å². The summed E-state index contributed by atoms with van der Waals surface area (Å²) in [4.78, 5) is 39.4. The summed E-state index contributed by atoms with van der Waals surface area (Å²) in [5.41, 5.74) is 1.08. The molecule has 1 aromatic carbocycles. The van der Waals surface area contributed by atoms with Gasteiger partial charge in [-0.05, 0) is 32.8 Å². The number of hydrogen-bond acceptors (Lipinski definition) is 4. The van der Waals surface area contributed by atoms with Crippen molar-refractivity contribution >= 4 is 28.5 Å². The third-order valence-electron chi connectivity index (χ3n) is 5.18. The first-order valence-corrected chi connectivity index (χ1v) is 9.84. The Hall–Kier alpha value is -2.67. The van der Waals surface area contributed by atoms with E-state index in [0.29, 0.717) is 37.2 Å². The van der Waals surface area contributed by atoms with E-state index in [9.17, 15) is 14.4 Å². The average Bonchev–Trinajstić information content (AvgIpc) is 3.35. The minimum Gasteiger partial charge on any atom is -0.376 e. The van der Waals surface area contributed by atoms with E-state index in [4.69, 9.17) is 4.74 Å². The van der Waals surface area contributed by atoms with Crippen LogP contribution in [-0.2, 0) is 20.9 Å². The molecule has 2 amide bonds. The van der Waals surface area contributed by atoms with Crippen molar-refractivity contribution in [2.75, 3.05) is 26.2 Å². The lowest BCUT2D eigenvalue weighted by molar-refractivity contribution is -0.131. The highest BCUT2D eigenvalue weighted by atomic mass is 16.5. The Morgan fingerprint density at radius 3 is 2.64 bits per heavy atom. The summed E-state index contributed by atoms with van der Waals surface area (Å²) < 4.78 is 7.22. The predicted molar refractivity (Wildman–Crippen MR) is 106 cm³/mol. The van der Waals surface area contributed by atoms with Crippen molar-refractivity contribution in [1.29, 1.82) is 0 Å². The van der Waals surface area contributed by atoms with Crippen molar-refractivity contribution in [3.8, 4) is 0 Å². The lowest BCUT2D eigenvalue weighted by Gasteiger charge is -2.19. The maximum atomic E-state index is 12.7. The third kappa shape index (κ3) is 4.25. The fraction of sp³-hybridized carbons (Fsp3) is 0.476. The van der Waals surface area contributed by atoms with Gasteiger partial charge < -0.3 is 19.5 Å². The molecule has 1 aromatic heterocycles. The van der Waals surface area contributed by atoms with Crippen molar-refractivity contribution in [1.82, 2.24) is 14.8 Å². The van der Waals surface area contributed by atoms with Crippen LogP contribution in [0, 0.1) is 0 Å². The van der Waals surface area contributed by atoms with Gasteiger partial charge in [0.2, 0.25) is 5.91 Å². The quantitative estimate of drug-likeness (QED) is 0.557. The Morgan fingerprint density at radius 2 is 1.96 bits per heavy atom. The van der Waals surface area contributed by atoms with Crippen LogP contribution in [0.1, 0.15) is 37.0 Å². The van der Waals surface area contributed by atoms with E-state index in [1.165, 1.54) is 0 Å². The molecule has 7 heteroatoms. The molecule has 1 saturated heterocycles. The van der Waals surface area contributed by atoms with Gasteiger partial charge in [0, 0.05) is 43.3 Å². The lowest BCUT2D eigenvalue weighted by atomic mass is 10.1. The van der Waals surface area contributed by atoms with Crippen molar-refractivity contribution in [3.05, 3.63) is 36.0 Å². The van der Waals surface area contributed by atoms with Crippen LogP contribution >= 0.6 is 0 Å². The first kappa shape index (κ1) is 20.1. The number of nitrogens with zero attached hydrogens (tertiary/aromatic N) is 2. The summed E-state index contributed by atoms with van der Waals surface area (Å²) in [6.07, 6.45) is 3.45. The topological polar surface area (TPSA) is 80.6 Å². The fourth-order valence-electron chi connectivity index (χ4n) is 3.60. The van der Waals surface area contributed by atoms with E-state index < -0.39 is 11.7 Å². The van der Waals surface area contributed by atoms with Gasteiger partial charge in [0.25, 0.3) is 11.7 Å². The first-order chi connectivity index (χ1) is 13.5. The number of ether oxygens (including phenoxy) is 1. The number of benzene rings is 1. The number of amides is 2. The Bertz CT molecular complexity index is 864. The molecule has 0 unspecified atom stereocenters. The molecular formula is C21H27N3O4. The van der Waals surface area contributed by atoms with E-state index in [-0.39, 0.29) is 18.6 Å². The van der Waals surface area contributed by atoms with Gasteiger partial charge in [0.1, 0.15) is 6.54 Å². The third-order valence-corrected chi connectivity index (χ3v) is 5.18. The number of ketones is 1. The summed E-state index contributed by atoms with van der Waals surface area (Å²) >= 11 is 0. The molecule has 1 N–H and O–H groups in total. The molecule has 0 radical (unpaired) electrons. The molecule has 7 nitrogen and oxygen atoms in total. The molecule has 0 bridgehead atoms. The minimum absolute atomic E-state index is 0.0208. The van der Waals surface area contributed by atoms with Crippen LogP contribution < -0.4 is 5.32 Å². The minimum atomic E-state index is -0.645. The Morgan fingerprint density at radius 1 is 1.21 bits per heavy atom. The molecule has 0 spiro atoms. The number of para-hydroxylation sites is 1. The Balaban J connectivity index is 1.79. The number of rotatable bonds is 8. The maximum absolute atomic E-state index is 12.7. The molecule has 1 atom stereocenters. The summed E-state index contributed by atoms with van der Waals surface area (Å²) in [5, 5.41) is 3.35. The highest BCUT2D eigenvalue weighted by Crippen LogP contribution is 2.22. The Kier molecular flexibility index (Phi) is 6.46. The van der Waals surface area contributed by atoms with Crippen LogP contribution in [0.5, 0.6) is 0 Å². The van der Waals surface area contributed by atoms with Crippen molar-refractivity contribution in [2.24, 2.45) is 0 Å². The average molecular weight is 385 g/mol. The number of hydrogen-bond donors (Lipinski definition) is 1. The van der Waals surface area contributed by atoms with Gasteiger partial charge in [-0.2, -0.15) is 0 Å². The smallest absolute Gasteiger partial charge is 0.292 e. The first-order valence-electron chi connectivity index (χ1n) is 9.84. The fourth-order valence-corrected chi connectivity index (χ4v) is 3.60. The summed E-state index contributed by atoms with van der Waals surface area (Å²) in [6, 6.07) is 7.33. The van der Waals surface area contributed by atoms with E-state index in [2.05, 4.69) is 5.32 Å². The van der Waals surface area contributed by atoms with Gasteiger partial charge in [0.05, 0.1) is 11.7 Å². The zero-order valence-corrected chi connectivity index (χ0v) is 16.4. The molecule has 150 valence electrons. The molecule has 1 aliphatic rings. The SMILES string of the molecule is CCN(CC)C(=O)Cn1cc(C(=O)C(=O)NC[C@@H]2CCCO2)c2ccccc21. The lowest BCUT2D eigenvalue weighted by Crippen LogP contribution is -2.36. The van der Waals surface area contributed by atoms with E-state index in [1.54, 1.807) is 21.7 Å². The van der Waals surface area contributed by atoms with Gasteiger partial charge in [-0.3, -0.25) is 14.4 Å². The second kappa shape index (κ2) is 9.01. The number of carbonyl (C=O) groups excluding carboxylic acids is 3. The molecule has 1 aliphatic heterocycles. The van der Waals surface area contributed by atoms with Gasteiger partial charge in [0.15, 0.2) is 0 Å². The van der Waals surface area contributed by atoms with E-state index in [1.807, 2.05) is 32.0 Å². The van der Waals surface area contributed by atoms with Crippen LogP contribution in [0.2, 0.25) is 0 Å².